The third kappa shape index (κ3) is 3.23. The van der Waals surface area contributed by atoms with Crippen LogP contribution in [0.25, 0.3) is 0 Å². The number of hydrogen-bond donors (Lipinski definition) is 0. The summed E-state index contributed by atoms with van der Waals surface area (Å²) < 4.78 is 6.77. The SMILES string of the molecule is Cc1nn(CCOc2ccccc2Cl)c(=O)c(C#N)c1C. The molecule has 21 heavy (non-hydrogen) atoms. The van der Waals surface area contributed by atoms with Gasteiger partial charge in [0.25, 0.3) is 5.56 Å². The Morgan fingerprint density at radius 2 is 2.10 bits per heavy atom. The highest BCUT2D eigenvalue weighted by atomic mass is 35.5. The van der Waals surface area contributed by atoms with E-state index in [-0.39, 0.29) is 18.7 Å². The first-order valence-corrected chi connectivity index (χ1v) is 6.78. The number of ether oxygens (including phenoxy) is 1. The monoisotopic (exact) mass is 303 g/mol. The molecule has 0 aliphatic heterocycles. The molecule has 108 valence electrons. The summed E-state index contributed by atoms with van der Waals surface area (Å²) in [7, 11) is 0. The van der Waals surface area contributed by atoms with E-state index in [2.05, 4.69) is 5.10 Å². The molecule has 1 heterocycles. The number of para-hydroxylation sites is 1. The molecule has 0 radical (unpaired) electrons. The lowest BCUT2D eigenvalue weighted by Gasteiger charge is -2.10. The molecule has 0 atom stereocenters. The summed E-state index contributed by atoms with van der Waals surface area (Å²) in [5.74, 6) is 0.552. The maximum Gasteiger partial charge on any atom is 0.285 e. The summed E-state index contributed by atoms with van der Waals surface area (Å²) in [6.07, 6.45) is 0. The topological polar surface area (TPSA) is 67.9 Å². The highest BCUT2D eigenvalue weighted by Gasteiger charge is 2.11. The lowest BCUT2D eigenvalue weighted by Crippen LogP contribution is -2.29. The molecular weight excluding hydrogens is 290 g/mol. The number of rotatable bonds is 4. The van der Waals surface area contributed by atoms with Gasteiger partial charge in [-0.05, 0) is 31.5 Å². The van der Waals surface area contributed by atoms with Gasteiger partial charge in [-0.1, -0.05) is 23.7 Å². The molecule has 5 nitrogen and oxygen atoms in total. The normalized spacial score (nSPS) is 10.2. The van der Waals surface area contributed by atoms with Crippen LogP contribution in [0.3, 0.4) is 0 Å². The standard InChI is InChI=1S/C15H14ClN3O2/c1-10-11(2)18-19(15(20)12(10)9-17)7-8-21-14-6-4-3-5-13(14)16/h3-6H,7-8H2,1-2H3. The smallest absolute Gasteiger partial charge is 0.285 e. The zero-order chi connectivity index (χ0) is 15.4. The number of halogens is 1. The Labute approximate surface area is 127 Å². The molecule has 2 rings (SSSR count). The maximum atomic E-state index is 12.1. The summed E-state index contributed by atoms with van der Waals surface area (Å²) in [5, 5.41) is 13.7. The fourth-order valence-corrected chi connectivity index (χ4v) is 2.05. The fraction of sp³-hybridized carbons (Fsp3) is 0.267. The van der Waals surface area contributed by atoms with Crippen LogP contribution in [0.15, 0.2) is 29.1 Å². The van der Waals surface area contributed by atoms with Gasteiger partial charge in [0.05, 0.1) is 17.3 Å². The van der Waals surface area contributed by atoms with Crippen molar-refractivity contribution in [3.05, 3.63) is 56.5 Å². The first-order chi connectivity index (χ1) is 10.0. The van der Waals surface area contributed by atoms with Gasteiger partial charge in [0.2, 0.25) is 0 Å². The Hall–Kier alpha value is -2.32. The molecule has 0 unspecified atom stereocenters. The van der Waals surface area contributed by atoms with Crippen molar-refractivity contribution in [2.45, 2.75) is 20.4 Å². The molecular formula is C15H14ClN3O2. The van der Waals surface area contributed by atoms with Crippen molar-refractivity contribution >= 4 is 11.6 Å². The average molecular weight is 304 g/mol. The number of aryl methyl sites for hydroxylation is 1. The molecule has 0 amide bonds. The molecule has 0 bridgehead atoms. The average Bonchev–Trinajstić information content (AvgIpc) is 2.47. The maximum absolute atomic E-state index is 12.1. The fourth-order valence-electron chi connectivity index (χ4n) is 1.86. The van der Waals surface area contributed by atoms with Gasteiger partial charge in [0.1, 0.15) is 24.0 Å². The summed E-state index contributed by atoms with van der Waals surface area (Å²) in [5.41, 5.74) is 0.998. The number of nitrogens with zero attached hydrogens (tertiary/aromatic N) is 3. The van der Waals surface area contributed by atoms with E-state index in [1.54, 1.807) is 26.0 Å². The van der Waals surface area contributed by atoms with Crippen LogP contribution in [-0.4, -0.2) is 16.4 Å². The molecule has 0 saturated heterocycles. The van der Waals surface area contributed by atoms with E-state index in [1.165, 1.54) is 4.68 Å². The lowest BCUT2D eigenvalue weighted by atomic mass is 10.1. The van der Waals surface area contributed by atoms with Crippen molar-refractivity contribution in [3.63, 3.8) is 0 Å². The Bertz CT molecular complexity index is 762. The summed E-state index contributed by atoms with van der Waals surface area (Å²) >= 11 is 5.98. The van der Waals surface area contributed by atoms with Gasteiger partial charge >= 0.3 is 0 Å². The van der Waals surface area contributed by atoms with Gasteiger partial charge in [-0.3, -0.25) is 4.79 Å². The van der Waals surface area contributed by atoms with Crippen molar-refractivity contribution in [2.24, 2.45) is 0 Å². The molecule has 0 aliphatic rings. The number of aromatic nitrogens is 2. The number of nitriles is 1. The van der Waals surface area contributed by atoms with Crippen LogP contribution in [0.2, 0.25) is 5.02 Å². The molecule has 1 aromatic heterocycles. The Morgan fingerprint density at radius 3 is 2.76 bits per heavy atom. The van der Waals surface area contributed by atoms with E-state index in [0.717, 1.165) is 0 Å². The lowest BCUT2D eigenvalue weighted by molar-refractivity contribution is 0.287. The quantitative estimate of drug-likeness (QED) is 0.870. The van der Waals surface area contributed by atoms with E-state index < -0.39 is 5.56 Å². The second-order valence-corrected chi connectivity index (χ2v) is 4.91. The van der Waals surface area contributed by atoms with Crippen LogP contribution in [0, 0.1) is 25.2 Å². The molecule has 1 aromatic carbocycles. The van der Waals surface area contributed by atoms with Gasteiger partial charge in [-0.2, -0.15) is 10.4 Å². The first kappa shape index (κ1) is 15.1. The van der Waals surface area contributed by atoms with Crippen LogP contribution >= 0.6 is 11.6 Å². The zero-order valence-corrected chi connectivity index (χ0v) is 12.5. The highest BCUT2D eigenvalue weighted by Crippen LogP contribution is 2.22. The van der Waals surface area contributed by atoms with E-state index in [1.807, 2.05) is 18.2 Å². The van der Waals surface area contributed by atoms with Gasteiger partial charge in [-0.25, -0.2) is 4.68 Å². The van der Waals surface area contributed by atoms with Crippen molar-refractivity contribution in [2.75, 3.05) is 6.61 Å². The molecule has 0 N–H and O–H groups in total. The largest absolute Gasteiger partial charge is 0.490 e. The highest BCUT2D eigenvalue weighted by molar-refractivity contribution is 6.32. The molecule has 6 heteroatoms. The summed E-state index contributed by atoms with van der Waals surface area (Å²) in [6.45, 7) is 3.97. The minimum absolute atomic E-state index is 0.125. The summed E-state index contributed by atoms with van der Waals surface area (Å²) in [6, 6.07) is 9.03. The van der Waals surface area contributed by atoms with Crippen LogP contribution in [0.5, 0.6) is 5.75 Å². The van der Waals surface area contributed by atoms with Crippen molar-refractivity contribution in [1.29, 1.82) is 5.26 Å². The Morgan fingerprint density at radius 1 is 1.38 bits per heavy atom. The number of benzene rings is 1. The van der Waals surface area contributed by atoms with Crippen molar-refractivity contribution < 1.29 is 4.74 Å². The molecule has 0 spiro atoms. The van der Waals surface area contributed by atoms with Gasteiger partial charge < -0.3 is 4.74 Å². The molecule has 2 aromatic rings. The zero-order valence-electron chi connectivity index (χ0n) is 11.8. The predicted molar refractivity (Wildman–Crippen MR) is 79.6 cm³/mol. The third-order valence-corrected chi connectivity index (χ3v) is 3.46. The van der Waals surface area contributed by atoms with Crippen LogP contribution < -0.4 is 10.3 Å². The second kappa shape index (κ2) is 6.42. The molecule has 0 aliphatic carbocycles. The minimum Gasteiger partial charge on any atom is -0.490 e. The molecule has 0 saturated carbocycles. The predicted octanol–water partition coefficient (Wildman–Crippen LogP) is 2.46. The van der Waals surface area contributed by atoms with E-state index in [0.29, 0.717) is 22.0 Å². The third-order valence-electron chi connectivity index (χ3n) is 3.15. The van der Waals surface area contributed by atoms with Gasteiger partial charge in [0.15, 0.2) is 0 Å². The van der Waals surface area contributed by atoms with E-state index in [9.17, 15) is 4.79 Å². The van der Waals surface area contributed by atoms with Crippen LogP contribution in [-0.2, 0) is 6.54 Å². The first-order valence-electron chi connectivity index (χ1n) is 6.40. The van der Waals surface area contributed by atoms with Crippen LogP contribution in [0.1, 0.15) is 16.8 Å². The van der Waals surface area contributed by atoms with Crippen LogP contribution in [0.4, 0.5) is 0 Å². The van der Waals surface area contributed by atoms with E-state index in [4.69, 9.17) is 21.6 Å². The minimum atomic E-state index is -0.400. The molecule has 0 fully saturated rings. The summed E-state index contributed by atoms with van der Waals surface area (Å²) in [4.78, 5) is 12.1. The Kier molecular flexibility index (Phi) is 4.61. The number of hydrogen-bond acceptors (Lipinski definition) is 4. The van der Waals surface area contributed by atoms with E-state index >= 15 is 0 Å². The second-order valence-electron chi connectivity index (χ2n) is 4.50. The van der Waals surface area contributed by atoms with Gasteiger partial charge in [0, 0.05) is 0 Å². The van der Waals surface area contributed by atoms with Gasteiger partial charge in [-0.15, -0.1) is 0 Å². The van der Waals surface area contributed by atoms with Crippen molar-refractivity contribution in [3.8, 4) is 11.8 Å². The van der Waals surface area contributed by atoms with Crippen molar-refractivity contribution in [1.82, 2.24) is 9.78 Å². The Balaban J connectivity index is 2.15.